The number of nitrogens with one attached hydrogen (secondary N) is 1. The second-order valence-electron chi connectivity index (χ2n) is 6.70. The molecule has 0 fully saturated rings. The van der Waals surface area contributed by atoms with E-state index in [0.717, 1.165) is 29.7 Å². The van der Waals surface area contributed by atoms with Gasteiger partial charge in [0.2, 0.25) is 0 Å². The van der Waals surface area contributed by atoms with E-state index >= 15 is 0 Å². The summed E-state index contributed by atoms with van der Waals surface area (Å²) in [5.41, 5.74) is -1.69. The van der Waals surface area contributed by atoms with Gasteiger partial charge < -0.3 is 9.47 Å². The lowest BCUT2D eigenvalue weighted by Crippen LogP contribution is -2.21. The summed E-state index contributed by atoms with van der Waals surface area (Å²) in [7, 11) is 0. The maximum Gasteiger partial charge on any atom is 0.573 e. The maximum absolute atomic E-state index is 13.8. The predicted octanol–water partition coefficient (Wildman–Crippen LogP) is 5.95. The molecule has 1 N–H and O–H groups in total. The highest BCUT2D eigenvalue weighted by atomic mass is 19.4. The van der Waals surface area contributed by atoms with Crippen LogP contribution in [0.15, 0.2) is 67.0 Å². The van der Waals surface area contributed by atoms with Crippen LogP contribution >= 0.6 is 0 Å². The van der Waals surface area contributed by atoms with E-state index in [9.17, 15) is 31.1 Å². The summed E-state index contributed by atoms with van der Waals surface area (Å²) in [6.45, 7) is 0. The van der Waals surface area contributed by atoms with Gasteiger partial charge in [0, 0.05) is 11.6 Å². The monoisotopic (exact) mass is 482 g/mol. The number of rotatable bonds is 4. The summed E-state index contributed by atoms with van der Waals surface area (Å²) in [4.78, 5) is 16.3. The molecular weight excluding hydrogens is 470 g/mol. The number of nitrogens with zero attached hydrogens (tertiary/aromatic N) is 3. The Morgan fingerprint density at radius 2 is 1.65 bits per heavy atom. The Morgan fingerprint density at radius 1 is 0.941 bits per heavy atom. The molecule has 0 bridgehead atoms. The lowest BCUT2D eigenvalue weighted by molar-refractivity contribution is -0.274. The molecule has 0 saturated heterocycles. The number of benzene rings is 2. The van der Waals surface area contributed by atoms with Crippen LogP contribution in [0.25, 0.3) is 16.5 Å². The SMILES string of the molecule is O=C(Nc1nccc2ccccc12)Oc1cnn(-c2ccc(OC(F)(F)F)cc2)c1C(F)(F)F. The number of ether oxygens (including phenoxy) is 2. The first kappa shape index (κ1) is 22.9. The van der Waals surface area contributed by atoms with E-state index < -0.39 is 35.8 Å². The first-order valence-corrected chi connectivity index (χ1v) is 9.35. The van der Waals surface area contributed by atoms with Gasteiger partial charge >= 0.3 is 18.6 Å². The normalized spacial score (nSPS) is 11.9. The smallest absolute Gasteiger partial charge is 0.406 e. The van der Waals surface area contributed by atoms with Crippen LogP contribution in [0.5, 0.6) is 11.5 Å². The highest BCUT2D eigenvalue weighted by Crippen LogP contribution is 2.38. The molecule has 0 unspecified atom stereocenters. The zero-order valence-corrected chi connectivity index (χ0v) is 16.7. The Labute approximate surface area is 186 Å². The van der Waals surface area contributed by atoms with E-state index in [1.807, 2.05) is 0 Å². The standard InChI is InChI=1S/C21H12F6N4O3/c22-20(23,24)17-16(11-29-31(17)13-5-7-14(8-6-13)34-21(25,26)27)33-19(32)30-18-15-4-2-1-3-12(15)9-10-28-18/h1-11H,(H,28,30,32). The van der Waals surface area contributed by atoms with Gasteiger partial charge in [-0.1, -0.05) is 24.3 Å². The van der Waals surface area contributed by atoms with Crippen LogP contribution in [-0.2, 0) is 6.18 Å². The van der Waals surface area contributed by atoms with Crippen molar-refractivity contribution in [1.82, 2.24) is 14.8 Å². The second kappa shape index (κ2) is 8.57. The van der Waals surface area contributed by atoms with Gasteiger partial charge in [-0.2, -0.15) is 18.3 Å². The molecule has 0 aliphatic carbocycles. The van der Waals surface area contributed by atoms with Gasteiger partial charge in [0.05, 0.1) is 11.9 Å². The predicted molar refractivity (Wildman–Crippen MR) is 107 cm³/mol. The molecule has 2 heterocycles. The fourth-order valence-electron chi connectivity index (χ4n) is 3.09. The summed E-state index contributed by atoms with van der Waals surface area (Å²) < 4.78 is 87.1. The molecular formula is C21H12F6N4O3. The zero-order valence-electron chi connectivity index (χ0n) is 16.7. The quantitative estimate of drug-likeness (QED) is 0.364. The van der Waals surface area contributed by atoms with E-state index in [2.05, 4.69) is 20.1 Å². The van der Waals surface area contributed by atoms with Crippen LogP contribution in [0.4, 0.5) is 37.0 Å². The number of aromatic nitrogens is 3. The fraction of sp³-hybridized carbons (Fsp3) is 0.0952. The molecule has 34 heavy (non-hydrogen) atoms. The lowest BCUT2D eigenvalue weighted by atomic mass is 10.1. The Morgan fingerprint density at radius 3 is 2.32 bits per heavy atom. The molecule has 7 nitrogen and oxygen atoms in total. The molecule has 2 aromatic carbocycles. The number of anilines is 1. The summed E-state index contributed by atoms with van der Waals surface area (Å²) in [5, 5.41) is 7.14. The number of alkyl halides is 6. The third-order valence-electron chi connectivity index (χ3n) is 4.42. The van der Waals surface area contributed by atoms with E-state index in [1.165, 1.54) is 6.20 Å². The van der Waals surface area contributed by atoms with Crippen LogP contribution in [0.1, 0.15) is 5.69 Å². The van der Waals surface area contributed by atoms with Crippen LogP contribution in [0.3, 0.4) is 0 Å². The van der Waals surface area contributed by atoms with Crippen molar-refractivity contribution in [2.24, 2.45) is 0 Å². The number of amides is 1. The molecule has 4 rings (SSSR count). The number of hydrogen-bond donors (Lipinski definition) is 1. The molecule has 176 valence electrons. The van der Waals surface area contributed by atoms with Crippen LogP contribution < -0.4 is 14.8 Å². The molecule has 0 radical (unpaired) electrons. The largest absolute Gasteiger partial charge is 0.573 e. The molecule has 13 heteroatoms. The van der Waals surface area contributed by atoms with Gasteiger partial charge in [-0.15, -0.1) is 13.2 Å². The highest BCUT2D eigenvalue weighted by Gasteiger charge is 2.40. The number of hydrogen-bond acceptors (Lipinski definition) is 5. The Bertz CT molecular complexity index is 1330. The second-order valence-corrected chi connectivity index (χ2v) is 6.70. The Balaban J connectivity index is 1.60. The average Bonchev–Trinajstić information content (AvgIpc) is 3.17. The average molecular weight is 482 g/mol. The van der Waals surface area contributed by atoms with Crippen molar-refractivity contribution >= 4 is 22.7 Å². The minimum Gasteiger partial charge on any atom is -0.406 e. The van der Waals surface area contributed by atoms with Crippen molar-refractivity contribution in [3.8, 4) is 17.2 Å². The van der Waals surface area contributed by atoms with Gasteiger partial charge in [0.1, 0.15) is 11.6 Å². The van der Waals surface area contributed by atoms with Gasteiger partial charge in [-0.05, 0) is 35.7 Å². The van der Waals surface area contributed by atoms with Crippen molar-refractivity contribution in [3.63, 3.8) is 0 Å². The molecule has 0 aliphatic rings. The fourth-order valence-corrected chi connectivity index (χ4v) is 3.09. The van der Waals surface area contributed by atoms with Crippen molar-refractivity contribution in [2.75, 3.05) is 5.32 Å². The van der Waals surface area contributed by atoms with Crippen LogP contribution in [0, 0.1) is 0 Å². The van der Waals surface area contributed by atoms with E-state index in [4.69, 9.17) is 4.74 Å². The topological polar surface area (TPSA) is 78.3 Å². The maximum atomic E-state index is 13.8. The molecule has 0 spiro atoms. The molecule has 1 amide bonds. The van der Waals surface area contributed by atoms with E-state index in [1.54, 1.807) is 30.3 Å². The van der Waals surface area contributed by atoms with Crippen LogP contribution in [0.2, 0.25) is 0 Å². The minimum absolute atomic E-state index is 0.0734. The molecule has 0 aliphatic heterocycles. The van der Waals surface area contributed by atoms with E-state index in [0.29, 0.717) is 16.3 Å². The summed E-state index contributed by atoms with van der Waals surface area (Å²) in [6.07, 6.45) is -9.16. The van der Waals surface area contributed by atoms with E-state index in [-0.39, 0.29) is 11.5 Å². The minimum atomic E-state index is -5.02. The van der Waals surface area contributed by atoms with Gasteiger partial charge in [0.15, 0.2) is 11.4 Å². The number of pyridine rings is 1. The lowest BCUT2D eigenvalue weighted by Gasteiger charge is -2.14. The van der Waals surface area contributed by atoms with Gasteiger partial charge in [0.25, 0.3) is 0 Å². The summed E-state index contributed by atoms with van der Waals surface area (Å²) >= 11 is 0. The third kappa shape index (κ3) is 5.03. The van der Waals surface area contributed by atoms with Gasteiger partial charge in [-0.25, -0.2) is 14.5 Å². The van der Waals surface area contributed by atoms with Crippen molar-refractivity contribution in [2.45, 2.75) is 12.5 Å². The summed E-state index contributed by atoms with van der Waals surface area (Å²) in [6, 6.07) is 12.1. The molecule has 4 aromatic rings. The molecule has 2 aromatic heterocycles. The number of carbonyl (C=O) groups excluding carboxylic acids is 1. The highest BCUT2D eigenvalue weighted by molar-refractivity contribution is 5.98. The number of fused-ring (bicyclic) bond motifs is 1. The summed E-state index contributed by atoms with van der Waals surface area (Å²) in [5.74, 6) is -1.47. The Hall–Kier alpha value is -4.29. The van der Waals surface area contributed by atoms with Gasteiger partial charge in [-0.3, -0.25) is 5.32 Å². The first-order chi connectivity index (χ1) is 16.0. The molecule has 0 saturated carbocycles. The van der Waals surface area contributed by atoms with Crippen molar-refractivity contribution in [1.29, 1.82) is 0 Å². The van der Waals surface area contributed by atoms with Crippen molar-refractivity contribution < 1.29 is 40.6 Å². The molecule has 0 atom stereocenters. The first-order valence-electron chi connectivity index (χ1n) is 9.35. The van der Waals surface area contributed by atoms with Crippen LogP contribution in [-0.4, -0.2) is 27.2 Å². The van der Waals surface area contributed by atoms with Crippen molar-refractivity contribution in [3.05, 3.63) is 72.7 Å². The Kier molecular flexibility index (Phi) is 5.77. The zero-order chi connectivity index (χ0) is 24.5. The third-order valence-corrected chi connectivity index (χ3v) is 4.42. The number of carbonyl (C=O) groups is 1. The number of halogens is 6.